The zero-order valence-electron chi connectivity index (χ0n) is 20.5. The first-order valence-electron chi connectivity index (χ1n) is 11.5. The summed E-state index contributed by atoms with van der Waals surface area (Å²) in [5.74, 6) is 0.742. The van der Waals surface area contributed by atoms with E-state index in [1.54, 1.807) is 18.1 Å². The first kappa shape index (κ1) is 26.2. The molecule has 0 bridgehead atoms. The van der Waals surface area contributed by atoms with E-state index in [0.29, 0.717) is 30.2 Å². The number of allylic oxidation sites excluding steroid dienone is 2. The van der Waals surface area contributed by atoms with Crippen LogP contribution in [0.15, 0.2) is 22.9 Å². The number of carbonyl (C=O) groups excluding carboxylic acids is 1. The number of amides is 1. The van der Waals surface area contributed by atoms with Crippen LogP contribution in [0.2, 0.25) is 0 Å². The van der Waals surface area contributed by atoms with Crippen LogP contribution in [0.3, 0.4) is 0 Å². The van der Waals surface area contributed by atoms with Crippen LogP contribution in [0.1, 0.15) is 43.9 Å². The average molecular weight is 535 g/mol. The summed E-state index contributed by atoms with van der Waals surface area (Å²) in [5.41, 5.74) is 1.03. The zero-order valence-corrected chi connectivity index (χ0v) is 22.2. The number of nitrogens with zero attached hydrogens (tertiary/aromatic N) is 7. The lowest BCUT2D eigenvalue weighted by molar-refractivity contribution is -0.133. The van der Waals surface area contributed by atoms with E-state index in [9.17, 15) is 18.8 Å². The molecule has 1 saturated carbocycles. The van der Waals surface area contributed by atoms with Gasteiger partial charge in [-0.2, -0.15) is 5.26 Å². The van der Waals surface area contributed by atoms with E-state index in [1.807, 2.05) is 37.7 Å². The number of rotatable bonds is 10. The smallest absolute Gasteiger partial charge is 0.291 e. The third-order valence-corrected chi connectivity index (χ3v) is 7.99. The second-order valence-corrected chi connectivity index (χ2v) is 11.1. The quantitative estimate of drug-likeness (QED) is 0.458. The van der Waals surface area contributed by atoms with E-state index < -0.39 is 12.0 Å². The molecule has 9 nitrogen and oxygen atoms in total. The molecule has 0 spiro atoms. The highest BCUT2D eigenvalue weighted by Gasteiger charge is 2.43. The van der Waals surface area contributed by atoms with Gasteiger partial charge in [-0.1, -0.05) is 25.2 Å². The Morgan fingerprint density at radius 1 is 1.33 bits per heavy atom. The molecule has 1 amide bonds. The fraction of sp³-hybridized carbons (Fsp3) is 0.522. The Balaban J connectivity index is 1.60. The second kappa shape index (κ2) is 10.7. The van der Waals surface area contributed by atoms with Gasteiger partial charge in [-0.15, -0.1) is 10.2 Å². The van der Waals surface area contributed by atoms with E-state index in [-0.39, 0.29) is 16.8 Å². The molecule has 2 aromatic heterocycles. The van der Waals surface area contributed by atoms with Gasteiger partial charge < -0.3 is 9.80 Å². The summed E-state index contributed by atoms with van der Waals surface area (Å²) in [6.07, 6.45) is 4.91. The Hall–Kier alpha value is -2.82. The van der Waals surface area contributed by atoms with Crippen LogP contribution in [0.25, 0.3) is 16.9 Å². The van der Waals surface area contributed by atoms with Gasteiger partial charge >= 0.3 is 0 Å². The molecule has 0 saturated heterocycles. The molecule has 3 heterocycles. The molecule has 36 heavy (non-hydrogen) atoms. The summed E-state index contributed by atoms with van der Waals surface area (Å²) < 4.78 is 31.3. The molecule has 2 aliphatic rings. The standard InChI is InChI=1S/C23H28F2N8OS2/c1-14(2)22(34)32(4)8-7-31(3)15-9-16(36-30-23(13-26)5-6-23)12-33-17(11-27-18(33)10-15)20-28-29-21(35-20)19(24)25/h9,11-12,14,19,30H,5-8,10H2,1-4H3. The van der Waals surface area contributed by atoms with Gasteiger partial charge in [0.05, 0.1) is 12.3 Å². The van der Waals surface area contributed by atoms with E-state index in [0.717, 1.165) is 40.6 Å². The maximum atomic E-state index is 13.1. The van der Waals surface area contributed by atoms with Gasteiger partial charge in [-0.25, -0.2) is 18.5 Å². The van der Waals surface area contributed by atoms with Crippen molar-refractivity contribution in [1.82, 2.24) is 34.3 Å². The summed E-state index contributed by atoms with van der Waals surface area (Å²) >= 11 is 2.20. The molecule has 1 fully saturated rings. The number of alkyl halides is 2. The minimum Gasteiger partial charge on any atom is -0.376 e. The Labute approximate surface area is 217 Å². The van der Waals surface area contributed by atoms with Crippen molar-refractivity contribution in [2.75, 3.05) is 27.2 Å². The summed E-state index contributed by atoms with van der Waals surface area (Å²) in [6.45, 7) is 4.94. The maximum Gasteiger partial charge on any atom is 0.291 e. The summed E-state index contributed by atoms with van der Waals surface area (Å²) in [6, 6.07) is 2.32. The van der Waals surface area contributed by atoms with Crippen LogP contribution >= 0.6 is 23.3 Å². The van der Waals surface area contributed by atoms with Crippen molar-refractivity contribution in [2.45, 2.75) is 45.1 Å². The molecule has 2 aromatic rings. The monoisotopic (exact) mass is 534 g/mol. The van der Waals surface area contributed by atoms with E-state index >= 15 is 0 Å². The highest BCUT2D eigenvalue weighted by Crippen LogP contribution is 2.39. The second-order valence-electron chi connectivity index (χ2n) is 9.25. The van der Waals surface area contributed by atoms with Crippen molar-refractivity contribution < 1.29 is 13.6 Å². The Kier molecular flexibility index (Phi) is 7.77. The summed E-state index contributed by atoms with van der Waals surface area (Å²) in [7, 11) is 3.76. The Morgan fingerprint density at radius 3 is 2.69 bits per heavy atom. The fourth-order valence-corrected chi connectivity index (χ4v) is 5.24. The lowest BCUT2D eigenvalue weighted by Crippen LogP contribution is -2.37. The third-order valence-electron chi connectivity index (χ3n) is 6.08. The molecule has 13 heteroatoms. The molecular weight excluding hydrogens is 506 g/mol. The zero-order chi connectivity index (χ0) is 26.0. The molecule has 0 unspecified atom stereocenters. The van der Waals surface area contributed by atoms with E-state index in [4.69, 9.17) is 0 Å². The topological polar surface area (TPSA) is 103 Å². The molecular formula is C23H28F2N8OS2. The average Bonchev–Trinajstić information content (AvgIpc) is 3.36. The predicted molar refractivity (Wildman–Crippen MR) is 136 cm³/mol. The normalized spacial score (nSPS) is 16.2. The first-order chi connectivity index (χ1) is 17.1. The van der Waals surface area contributed by atoms with E-state index in [2.05, 4.69) is 30.9 Å². The van der Waals surface area contributed by atoms with Crippen LogP contribution in [0, 0.1) is 17.2 Å². The number of imidazole rings is 1. The van der Waals surface area contributed by atoms with Gasteiger partial charge in [0, 0.05) is 56.3 Å². The van der Waals surface area contributed by atoms with Crippen molar-refractivity contribution in [3.05, 3.63) is 33.7 Å². The largest absolute Gasteiger partial charge is 0.376 e. The van der Waals surface area contributed by atoms with Crippen LogP contribution in [0.4, 0.5) is 8.78 Å². The highest BCUT2D eigenvalue weighted by molar-refractivity contribution is 8.01. The Morgan fingerprint density at radius 2 is 2.08 bits per heavy atom. The van der Waals surface area contributed by atoms with Crippen molar-refractivity contribution in [1.29, 1.82) is 5.26 Å². The molecule has 1 aliphatic carbocycles. The molecule has 0 radical (unpaired) electrons. The number of likely N-dealkylation sites (N-methyl/N-ethyl adjacent to an activating group) is 2. The van der Waals surface area contributed by atoms with Crippen LogP contribution < -0.4 is 4.72 Å². The van der Waals surface area contributed by atoms with Gasteiger partial charge in [0.2, 0.25) is 5.91 Å². The van der Waals surface area contributed by atoms with Crippen molar-refractivity contribution in [3.63, 3.8) is 0 Å². The molecule has 1 aliphatic heterocycles. The number of halogens is 2. The highest BCUT2D eigenvalue weighted by atomic mass is 32.2. The number of fused-ring (bicyclic) bond motifs is 1. The number of nitriles is 1. The number of hydrogen-bond donors (Lipinski definition) is 1. The van der Waals surface area contributed by atoms with Crippen LogP contribution in [-0.4, -0.2) is 68.2 Å². The van der Waals surface area contributed by atoms with Gasteiger partial charge in [0.25, 0.3) is 6.43 Å². The summed E-state index contributed by atoms with van der Waals surface area (Å²) in [4.78, 5) is 21.5. The van der Waals surface area contributed by atoms with Crippen molar-refractivity contribution >= 4 is 35.4 Å². The predicted octanol–water partition coefficient (Wildman–Crippen LogP) is 3.92. The number of carbonyl (C=O) groups is 1. The van der Waals surface area contributed by atoms with Crippen molar-refractivity contribution in [3.8, 4) is 16.8 Å². The minimum atomic E-state index is -2.68. The SMILES string of the molecule is CC(C)C(=O)N(C)CCN(C)C1=CC(SNC2(C#N)CC2)=Cn2c(-c3nnc(C(F)F)s3)cnc2C1. The number of hydrogen-bond acceptors (Lipinski definition) is 9. The third kappa shape index (κ3) is 5.77. The van der Waals surface area contributed by atoms with Crippen LogP contribution in [-0.2, 0) is 11.2 Å². The van der Waals surface area contributed by atoms with Gasteiger partial charge in [0.1, 0.15) is 17.1 Å². The van der Waals surface area contributed by atoms with Gasteiger partial charge in [0.15, 0.2) is 10.0 Å². The maximum absolute atomic E-state index is 13.1. The molecule has 1 N–H and O–H groups in total. The summed E-state index contributed by atoms with van der Waals surface area (Å²) in [5, 5.41) is 17.1. The van der Waals surface area contributed by atoms with E-state index in [1.165, 1.54) is 11.9 Å². The minimum absolute atomic E-state index is 0.0684. The molecule has 192 valence electrons. The number of aromatic nitrogens is 4. The molecule has 4 rings (SSSR count). The van der Waals surface area contributed by atoms with Crippen LogP contribution in [0.5, 0.6) is 0 Å². The van der Waals surface area contributed by atoms with Gasteiger partial charge in [-0.05, 0) is 30.9 Å². The lowest BCUT2D eigenvalue weighted by Gasteiger charge is -2.26. The first-order valence-corrected chi connectivity index (χ1v) is 13.2. The lowest BCUT2D eigenvalue weighted by atomic mass is 10.2. The fourth-order valence-electron chi connectivity index (χ4n) is 3.61. The molecule has 0 atom stereocenters. The van der Waals surface area contributed by atoms with Crippen molar-refractivity contribution in [2.24, 2.45) is 5.92 Å². The number of nitrogens with one attached hydrogen (secondary N) is 1. The van der Waals surface area contributed by atoms with Gasteiger partial charge in [-0.3, -0.25) is 9.36 Å². The Bertz CT molecular complexity index is 1230. The molecule has 0 aromatic carbocycles.